The van der Waals surface area contributed by atoms with Crippen LogP contribution < -0.4 is 9.64 Å². The molecule has 3 heterocycles. The standard InChI is InChI=1S/C19H23N3O3/c1-14-11-15(20-25-14)12-22-13-18(19(23)21-9-5-2-6-10-21)24-17-8-4-3-7-16(17)22/h3-4,7-8,11,18H,2,5-6,9-10,12-13H2,1H3/t18-/m1/s1. The van der Waals surface area contributed by atoms with Crippen LogP contribution in [0.25, 0.3) is 0 Å². The summed E-state index contributed by atoms with van der Waals surface area (Å²) < 4.78 is 11.2. The Morgan fingerprint density at radius 2 is 2.04 bits per heavy atom. The summed E-state index contributed by atoms with van der Waals surface area (Å²) in [6.45, 7) is 4.68. The molecule has 2 aliphatic rings. The summed E-state index contributed by atoms with van der Waals surface area (Å²) in [7, 11) is 0. The number of likely N-dealkylation sites (tertiary alicyclic amines) is 1. The van der Waals surface area contributed by atoms with Crippen LogP contribution in [0.2, 0.25) is 0 Å². The van der Waals surface area contributed by atoms with E-state index in [0.29, 0.717) is 13.1 Å². The van der Waals surface area contributed by atoms with E-state index in [4.69, 9.17) is 9.26 Å². The topological polar surface area (TPSA) is 58.8 Å². The molecule has 132 valence electrons. The molecule has 0 N–H and O–H groups in total. The van der Waals surface area contributed by atoms with Gasteiger partial charge in [0.05, 0.1) is 18.8 Å². The van der Waals surface area contributed by atoms with Crippen molar-refractivity contribution in [3.63, 3.8) is 0 Å². The molecule has 1 saturated heterocycles. The molecule has 0 saturated carbocycles. The number of carbonyl (C=O) groups is 1. The van der Waals surface area contributed by atoms with E-state index < -0.39 is 6.10 Å². The van der Waals surface area contributed by atoms with Gasteiger partial charge in [0.15, 0.2) is 6.10 Å². The lowest BCUT2D eigenvalue weighted by molar-refractivity contribution is -0.139. The number of rotatable bonds is 3. The van der Waals surface area contributed by atoms with Gasteiger partial charge in [-0.2, -0.15) is 0 Å². The maximum Gasteiger partial charge on any atom is 0.265 e. The van der Waals surface area contributed by atoms with Crippen molar-refractivity contribution >= 4 is 11.6 Å². The summed E-state index contributed by atoms with van der Waals surface area (Å²) >= 11 is 0. The molecule has 4 rings (SSSR count). The van der Waals surface area contributed by atoms with Gasteiger partial charge in [0.25, 0.3) is 5.91 Å². The van der Waals surface area contributed by atoms with Crippen molar-refractivity contribution < 1.29 is 14.1 Å². The zero-order valence-electron chi connectivity index (χ0n) is 14.5. The first-order valence-electron chi connectivity index (χ1n) is 8.92. The third-order valence-corrected chi connectivity index (χ3v) is 4.83. The average Bonchev–Trinajstić information content (AvgIpc) is 3.06. The monoisotopic (exact) mass is 341 g/mol. The summed E-state index contributed by atoms with van der Waals surface area (Å²) in [6, 6.07) is 9.79. The summed E-state index contributed by atoms with van der Waals surface area (Å²) in [5.41, 5.74) is 1.85. The van der Waals surface area contributed by atoms with Crippen molar-refractivity contribution in [3.8, 4) is 5.75 Å². The zero-order valence-corrected chi connectivity index (χ0v) is 14.5. The van der Waals surface area contributed by atoms with Crippen LogP contribution in [-0.4, -0.2) is 41.7 Å². The number of benzene rings is 1. The SMILES string of the molecule is Cc1cc(CN2C[C@H](C(=O)N3CCCCC3)Oc3ccccc32)no1. The van der Waals surface area contributed by atoms with E-state index in [-0.39, 0.29) is 5.91 Å². The molecular formula is C19H23N3O3. The fourth-order valence-electron chi connectivity index (χ4n) is 3.59. The maximum atomic E-state index is 12.9. The summed E-state index contributed by atoms with van der Waals surface area (Å²) in [5, 5.41) is 4.09. The highest BCUT2D eigenvalue weighted by Gasteiger charge is 2.34. The second-order valence-electron chi connectivity index (χ2n) is 6.77. The second-order valence-corrected chi connectivity index (χ2v) is 6.77. The third-order valence-electron chi connectivity index (χ3n) is 4.83. The van der Waals surface area contributed by atoms with E-state index in [1.807, 2.05) is 42.2 Å². The molecule has 0 unspecified atom stereocenters. The fourth-order valence-corrected chi connectivity index (χ4v) is 3.59. The number of hydrogen-bond donors (Lipinski definition) is 0. The molecule has 0 radical (unpaired) electrons. The van der Waals surface area contributed by atoms with E-state index in [1.54, 1.807) is 0 Å². The Balaban J connectivity index is 1.56. The summed E-state index contributed by atoms with van der Waals surface area (Å²) in [5.74, 6) is 1.64. The van der Waals surface area contributed by atoms with Gasteiger partial charge < -0.3 is 19.1 Å². The van der Waals surface area contributed by atoms with Gasteiger partial charge in [0, 0.05) is 19.2 Å². The van der Waals surface area contributed by atoms with Crippen LogP contribution in [0.3, 0.4) is 0 Å². The van der Waals surface area contributed by atoms with E-state index in [9.17, 15) is 4.79 Å². The van der Waals surface area contributed by atoms with Gasteiger partial charge in [-0.25, -0.2) is 0 Å². The normalized spacial score (nSPS) is 20.1. The highest BCUT2D eigenvalue weighted by Crippen LogP contribution is 2.34. The first-order valence-corrected chi connectivity index (χ1v) is 8.92. The van der Waals surface area contributed by atoms with Crippen molar-refractivity contribution in [1.82, 2.24) is 10.1 Å². The summed E-state index contributed by atoms with van der Waals surface area (Å²) in [6.07, 6.45) is 2.89. The molecule has 25 heavy (non-hydrogen) atoms. The third kappa shape index (κ3) is 3.34. The molecular weight excluding hydrogens is 318 g/mol. The summed E-state index contributed by atoms with van der Waals surface area (Å²) in [4.78, 5) is 17.0. The molecule has 0 spiro atoms. The largest absolute Gasteiger partial charge is 0.477 e. The highest BCUT2D eigenvalue weighted by atomic mass is 16.5. The molecule has 2 aromatic rings. The second kappa shape index (κ2) is 6.78. The minimum absolute atomic E-state index is 0.0931. The minimum Gasteiger partial charge on any atom is -0.477 e. The molecule has 6 nitrogen and oxygen atoms in total. The number of nitrogens with zero attached hydrogens (tertiary/aromatic N) is 3. The fraction of sp³-hybridized carbons (Fsp3) is 0.474. The van der Waals surface area contributed by atoms with Gasteiger partial charge in [-0.05, 0) is 38.3 Å². The molecule has 1 atom stereocenters. The first-order chi connectivity index (χ1) is 12.2. The predicted molar refractivity (Wildman–Crippen MR) is 93.6 cm³/mol. The van der Waals surface area contributed by atoms with Crippen molar-refractivity contribution in [2.75, 3.05) is 24.5 Å². The Labute approximate surface area is 147 Å². The van der Waals surface area contributed by atoms with Gasteiger partial charge in [-0.1, -0.05) is 17.3 Å². The van der Waals surface area contributed by atoms with Crippen molar-refractivity contribution in [2.24, 2.45) is 0 Å². The molecule has 0 aliphatic carbocycles. The predicted octanol–water partition coefficient (Wildman–Crippen LogP) is 2.76. The highest BCUT2D eigenvalue weighted by molar-refractivity contribution is 5.83. The average molecular weight is 341 g/mol. The Kier molecular flexibility index (Phi) is 4.34. The lowest BCUT2D eigenvalue weighted by Crippen LogP contribution is -2.51. The lowest BCUT2D eigenvalue weighted by Gasteiger charge is -2.38. The number of ether oxygens (including phenoxy) is 1. The van der Waals surface area contributed by atoms with Crippen LogP contribution in [0, 0.1) is 6.92 Å². The van der Waals surface area contributed by atoms with E-state index in [0.717, 1.165) is 48.8 Å². The van der Waals surface area contributed by atoms with Crippen LogP contribution in [0.4, 0.5) is 5.69 Å². The Hall–Kier alpha value is -2.50. The van der Waals surface area contributed by atoms with Crippen LogP contribution in [0.15, 0.2) is 34.9 Å². The van der Waals surface area contributed by atoms with Crippen molar-refractivity contribution in [1.29, 1.82) is 0 Å². The van der Waals surface area contributed by atoms with Crippen LogP contribution in [0.1, 0.15) is 30.7 Å². The Morgan fingerprint density at radius 3 is 2.80 bits per heavy atom. The molecule has 6 heteroatoms. The quantitative estimate of drug-likeness (QED) is 0.859. The molecule has 2 aliphatic heterocycles. The number of carbonyl (C=O) groups excluding carboxylic acids is 1. The number of amides is 1. The lowest BCUT2D eigenvalue weighted by atomic mass is 10.1. The van der Waals surface area contributed by atoms with Crippen LogP contribution >= 0.6 is 0 Å². The van der Waals surface area contributed by atoms with Gasteiger partial charge in [-0.3, -0.25) is 4.79 Å². The number of aromatic nitrogens is 1. The number of fused-ring (bicyclic) bond motifs is 1. The molecule has 1 aromatic carbocycles. The van der Waals surface area contributed by atoms with Crippen molar-refractivity contribution in [2.45, 2.75) is 38.8 Å². The van der Waals surface area contributed by atoms with Gasteiger partial charge in [-0.15, -0.1) is 0 Å². The molecule has 1 amide bonds. The Morgan fingerprint density at radius 1 is 1.24 bits per heavy atom. The van der Waals surface area contributed by atoms with Gasteiger partial charge >= 0.3 is 0 Å². The Bertz CT molecular complexity index is 752. The van der Waals surface area contributed by atoms with Gasteiger partial charge in [0.1, 0.15) is 17.2 Å². The number of anilines is 1. The maximum absolute atomic E-state index is 12.9. The van der Waals surface area contributed by atoms with E-state index >= 15 is 0 Å². The number of para-hydroxylation sites is 2. The smallest absolute Gasteiger partial charge is 0.265 e. The van der Waals surface area contributed by atoms with E-state index in [2.05, 4.69) is 10.1 Å². The number of hydrogen-bond acceptors (Lipinski definition) is 5. The molecule has 1 aromatic heterocycles. The molecule has 0 bridgehead atoms. The minimum atomic E-state index is -0.471. The molecule has 1 fully saturated rings. The number of aryl methyl sites for hydroxylation is 1. The van der Waals surface area contributed by atoms with Crippen LogP contribution in [0.5, 0.6) is 5.75 Å². The first kappa shape index (κ1) is 16.0. The van der Waals surface area contributed by atoms with Gasteiger partial charge in [0.2, 0.25) is 0 Å². The zero-order chi connectivity index (χ0) is 17.2. The van der Waals surface area contributed by atoms with Crippen LogP contribution in [-0.2, 0) is 11.3 Å². The van der Waals surface area contributed by atoms with Crippen molar-refractivity contribution in [3.05, 3.63) is 41.8 Å². The number of piperidine rings is 1. The van der Waals surface area contributed by atoms with E-state index in [1.165, 1.54) is 6.42 Å².